The molecule has 0 bridgehead atoms. The molecule has 0 fully saturated rings. The predicted molar refractivity (Wildman–Crippen MR) is 80.6 cm³/mol. The van der Waals surface area contributed by atoms with Crippen LogP contribution >= 0.6 is 11.8 Å². The van der Waals surface area contributed by atoms with Gasteiger partial charge >= 0.3 is 0 Å². The van der Waals surface area contributed by atoms with Crippen LogP contribution in [0.5, 0.6) is 0 Å². The van der Waals surface area contributed by atoms with Gasteiger partial charge in [0.25, 0.3) is 0 Å². The topological polar surface area (TPSA) is 15.3 Å². The largest absolute Gasteiger partial charge is 0.316 e. The zero-order valence-corrected chi connectivity index (χ0v) is 12.3. The minimum Gasteiger partial charge on any atom is -0.316 e. The summed E-state index contributed by atoms with van der Waals surface area (Å²) in [4.78, 5) is 3.74. The van der Waals surface area contributed by atoms with Gasteiger partial charge in [0.15, 0.2) is 0 Å². The van der Waals surface area contributed by atoms with Crippen molar-refractivity contribution in [1.82, 2.24) is 10.2 Å². The summed E-state index contributed by atoms with van der Waals surface area (Å²) in [5.41, 5.74) is 1.54. The van der Waals surface area contributed by atoms with Crippen molar-refractivity contribution in [3.63, 3.8) is 0 Å². The Labute approximate surface area is 115 Å². The third kappa shape index (κ3) is 4.01. The fourth-order valence-corrected chi connectivity index (χ4v) is 3.61. The highest BCUT2D eigenvalue weighted by Crippen LogP contribution is 2.38. The second kappa shape index (κ2) is 7.17. The summed E-state index contributed by atoms with van der Waals surface area (Å²) in [5, 5.41) is 3.61. The van der Waals surface area contributed by atoms with Gasteiger partial charge in [-0.05, 0) is 51.7 Å². The van der Waals surface area contributed by atoms with Crippen LogP contribution in [0, 0.1) is 0 Å². The first-order chi connectivity index (χ1) is 8.77. The van der Waals surface area contributed by atoms with Gasteiger partial charge in [-0.3, -0.25) is 0 Å². The zero-order valence-electron chi connectivity index (χ0n) is 11.5. The van der Waals surface area contributed by atoms with Crippen molar-refractivity contribution in [1.29, 1.82) is 0 Å². The third-order valence-corrected chi connectivity index (χ3v) is 4.65. The summed E-state index contributed by atoms with van der Waals surface area (Å²) in [6.07, 6.45) is 2.57. The van der Waals surface area contributed by atoms with Gasteiger partial charge in [-0.2, -0.15) is 0 Å². The summed E-state index contributed by atoms with van der Waals surface area (Å²) >= 11 is 2.00. The first-order valence-corrected chi connectivity index (χ1v) is 7.83. The van der Waals surface area contributed by atoms with E-state index >= 15 is 0 Å². The first kappa shape index (κ1) is 13.9. The molecular weight excluding hydrogens is 240 g/mol. The van der Waals surface area contributed by atoms with Crippen molar-refractivity contribution < 1.29 is 0 Å². The van der Waals surface area contributed by atoms with Gasteiger partial charge in [0.05, 0.1) is 0 Å². The van der Waals surface area contributed by atoms with Crippen molar-refractivity contribution >= 4 is 11.8 Å². The van der Waals surface area contributed by atoms with Crippen LogP contribution < -0.4 is 5.32 Å². The van der Waals surface area contributed by atoms with Crippen LogP contribution in [0.2, 0.25) is 0 Å². The molecule has 0 radical (unpaired) electrons. The highest BCUT2D eigenvalue weighted by Gasteiger charge is 2.21. The second-order valence-electron chi connectivity index (χ2n) is 5.26. The van der Waals surface area contributed by atoms with Gasteiger partial charge in [-0.25, -0.2) is 0 Å². The quantitative estimate of drug-likeness (QED) is 0.762. The second-order valence-corrected chi connectivity index (χ2v) is 6.32. The Morgan fingerprint density at radius 2 is 2.11 bits per heavy atom. The molecule has 0 saturated heterocycles. The highest BCUT2D eigenvalue weighted by molar-refractivity contribution is 7.99. The lowest BCUT2D eigenvalue weighted by atomic mass is 10.0. The Morgan fingerprint density at radius 1 is 1.28 bits per heavy atom. The Kier molecular flexibility index (Phi) is 5.54. The molecule has 1 aliphatic rings. The van der Waals surface area contributed by atoms with Gasteiger partial charge in [-0.15, -0.1) is 11.8 Å². The summed E-state index contributed by atoms with van der Waals surface area (Å²) in [5.74, 6) is 1.95. The molecule has 1 heterocycles. The van der Waals surface area contributed by atoms with Crippen molar-refractivity contribution in [3.05, 3.63) is 29.8 Å². The Morgan fingerprint density at radius 3 is 2.94 bits per heavy atom. The number of hydrogen-bond acceptors (Lipinski definition) is 3. The van der Waals surface area contributed by atoms with E-state index in [2.05, 4.69) is 48.6 Å². The molecule has 1 N–H and O–H groups in total. The highest BCUT2D eigenvalue weighted by atomic mass is 32.2. The van der Waals surface area contributed by atoms with Crippen LogP contribution in [0.15, 0.2) is 29.2 Å². The van der Waals surface area contributed by atoms with Crippen LogP contribution in [0.3, 0.4) is 0 Å². The van der Waals surface area contributed by atoms with E-state index in [0.717, 1.165) is 13.1 Å². The Hall–Kier alpha value is -0.510. The van der Waals surface area contributed by atoms with Crippen LogP contribution in [0.4, 0.5) is 0 Å². The monoisotopic (exact) mass is 264 g/mol. The molecule has 2 rings (SSSR count). The summed E-state index contributed by atoms with van der Waals surface area (Å²) in [6.45, 7) is 3.48. The molecule has 0 aromatic heterocycles. The fraction of sp³-hybridized carbons (Fsp3) is 0.600. The standard InChI is InChI=1S/C15H24N2S/c1-17(2)10-6-5-9-16-11-13-12-18-15-8-4-3-7-14(13)15/h3-4,7-8,13,16H,5-6,9-12H2,1-2H3. The smallest absolute Gasteiger partial charge is 0.0108 e. The first-order valence-electron chi connectivity index (χ1n) is 6.84. The molecule has 100 valence electrons. The number of hydrogen-bond donors (Lipinski definition) is 1. The van der Waals surface area contributed by atoms with E-state index in [0.29, 0.717) is 5.92 Å². The Bertz CT molecular complexity index is 365. The van der Waals surface area contributed by atoms with Gasteiger partial charge in [0.2, 0.25) is 0 Å². The van der Waals surface area contributed by atoms with Crippen molar-refractivity contribution in [2.24, 2.45) is 0 Å². The van der Waals surface area contributed by atoms with Gasteiger partial charge < -0.3 is 10.2 Å². The molecule has 1 atom stereocenters. The molecule has 0 aliphatic carbocycles. The lowest BCUT2D eigenvalue weighted by Gasteiger charge is -2.13. The molecule has 0 saturated carbocycles. The van der Waals surface area contributed by atoms with Crippen molar-refractivity contribution in [2.45, 2.75) is 23.7 Å². The van der Waals surface area contributed by atoms with Crippen LogP contribution in [-0.4, -0.2) is 44.4 Å². The molecule has 0 amide bonds. The van der Waals surface area contributed by atoms with E-state index < -0.39 is 0 Å². The fourth-order valence-electron chi connectivity index (χ4n) is 2.35. The van der Waals surface area contributed by atoms with Gasteiger partial charge in [-0.1, -0.05) is 18.2 Å². The lowest BCUT2D eigenvalue weighted by Crippen LogP contribution is -2.23. The average Bonchev–Trinajstić information content (AvgIpc) is 2.77. The number of nitrogens with zero attached hydrogens (tertiary/aromatic N) is 1. The maximum atomic E-state index is 3.61. The van der Waals surface area contributed by atoms with Crippen molar-refractivity contribution in [3.8, 4) is 0 Å². The maximum Gasteiger partial charge on any atom is 0.0108 e. The van der Waals surface area contributed by atoms with E-state index in [1.165, 1.54) is 30.0 Å². The molecule has 1 aromatic rings. The normalized spacial score (nSPS) is 18.3. The third-order valence-electron chi connectivity index (χ3n) is 3.40. The number of fused-ring (bicyclic) bond motifs is 1. The van der Waals surface area contributed by atoms with Gasteiger partial charge in [0, 0.05) is 23.1 Å². The lowest BCUT2D eigenvalue weighted by molar-refractivity contribution is 0.391. The number of rotatable bonds is 7. The molecule has 2 nitrogen and oxygen atoms in total. The predicted octanol–water partition coefficient (Wildman–Crippen LogP) is 2.81. The van der Waals surface area contributed by atoms with E-state index in [9.17, 15) is 0 Å². The molecule has 1 aromatic carbocycles. The van der Waals surface area contributed by atoms with Crippen LogP contribution in [0.25, 0.3) is 0 Å². The SMILES string of the molecule is CN(C)CCCCNCC1CSc2ccccc21. The minimum atomic E-state index is 0.708. The summed E-state index contributed by atoms with van der Waals surface area (Å²) in [7, 11) is 4.28. The van der Waals surface area contributed by atoms with Crippen LogP contribution in [0.1, 0.15) is 24.3 Å². The number of thioether (sulfide) groups is 1. The summed E-state index contributed by atoms with van der Waals surface area (Å²) < 4.78 is 0. The molecular formula is C15H24N2S. The van der Waals surface area contributed by atoms with E-state index in [4.69, 9.17) is 0 Å². The molecule has 0 spiro atoms. The molecule has 1 aliphatic heterocycles. The number of unbranched alkanes of at least 4 members (excludes halogenated alkanes) is 1. The van der Waals surface area contributed by atoms with E-state index in [1.807, 2.05) is 11.8 Å². The van der Waals surface area contributed by atoms with Crippen molar-refractivity contribution in [2.75, 3.05) is 39.5 Å². The number of nitrogens with one attached hydrogen (secondary N) is 1. The molecule has 1 unspecified atom stereocenters. The zero-order chi connectivity index (χ0) is 12.8. The minimum absolute atomic E-state index is 0.708. The Balaban J connectivity index is 1.64. The molecule has 18 heavy (non-hydrogen) atoms. The average molecular weight is 264 g/mol. The van der Waals surface area contributed by atoms with Crippen LogP contribution in [-0.2, 0) is 0 Å². The van der Waals surface area contributed by atoms with Gasteiger partial charge in [0.1, 0.15) is 0 Å². The summed E-state index contributed by atoms with van der Waals surface area (Å²) in [6, 6.07) is 8.84. The number of benzene rings is 1. The maximum absolute atomic E-state index is 3.61. The molecule has 3 heteroatoms. The van der Waals surface area contributed by atoms with E-state index in [-0.39, 0.29) is 0 Å². The van der Waals surface area contributed by atoms with E-state index in [1.54, 1.807) is 5.56 Å².